The second-order valence-electron chi connectivity index (χ2n) is 8.57. The van der Waals surface area contributed by atoms with Crippen LogP contribution in [0.4, 0.5) is 14.9 Å². The molecule has 2 aromatic heterocycles. The molecule has 0 fully saturated rings. The molecule has 0 saturated carbocycles. The highest BCUT2D eigenvalue weighted by molar-refractivity contribution is 7.11. The van der Waals surface area contributed by atoms with E-state index in [4.69, 9.17) is 4.42 Å². The van der Waals surface area contributed by atoms with Gasteiger partial charge in [-0.15, -0.1) is 11.3 Å². The third-order valence-corrected chi connectivity index (χ3v) is 6.69. The van der Waals surface area contributed by atoms with Gasteiger partial charge in [0.1, 0.15) is 18.1 Å². The molecule has 0 radical (unpaired) electrons. The van der Waals surface area contributed by atoms with E-state index in [1.165, 1.54) is 23.3 Å². The fraction of sp³-hybridized carbons (Fsp3) is 0.214. The van der Waals surface area contributed by atoms with Crippen molar-refractivity contribution in [3.63, 3.8) is 0 Å². The Morgan fingerprint density at radius 1 is 0.889 bits per heavy atom. The average Bonchev–Trinajstić information content (AvgIpc) is 3.52. The van der Waals surface area contributed by atoms with E-state index in [0.717, 1.165) is 20.9 Å². The van der Waals surface area contributed by atoms with E-state index in [1.807, 2.05) is 50.2 Å². The highest BCUT2D eigenvalue weighted by atomic mass is 32.1. The van der Waals surface area contributed by atoms with Gasteiger partial charge >= 0.3 is 6.03 Å². The SMILES string of the molecule is Cc1ccc(CN(Cc2ccc(F)cc2)C(=O)CN(Cc2ccco2)C(=O)Nc2ccccc2C)s1. The fourth-order valence-corrected chi connectivity index (χ4v) is 4.67. The molecule has 0 saturated heterocycles. The van der Waals surface area contributed by atoms with Gasteiger partial charge in [-0.2, -0.15) is 0 Å². The lowest BCUT2D eigenvalue weighted by atomic mass is 10.2. The molecule has 6 nitrogen and oxygen atoms in total. The van der Waals surface area contributed by atoms with Crippen molar-refractivity contribution in [2.75, 3.05) is 11.9 Å². The average molecular weight is 506 g/mol. The molecule has 8 heteroatoms. The molecule has 4 rings (SSSR count). The molecule has 0 atom stereocenters. The Bertz CT molecular complexity index is 1300. The number of aryl methyl sites for hydroxylation is 2. The monoisotopic (exact) mass is 505 g/mol. The summed E-state index contributed by atoms with van der Waals surface area (Å²) in [4.78, 5) is 32.2. The van der Waals surface area contributed by atoms with Gasteiger partial charge in [0.15, 0.2) is 0 Å². The number of nitrogens with one attached hydrogen (secondary N) is 1. The number of thiophene rings is 1. The van der Waals surface area contributed by atoms with E-state index >= 15 is 0 Å². The van der Waals surface area contributed by atoms with E-state index in [2.05, 4.69) is 5.32 Å². The Balaban J connectivity index is 1.55. The van der Waals surface area contributed by atoms with E-state index < -0.39 is 6.03 Å². The molecule has 4 aromatic rings. The van der Waals surface area contributed by atoms with Crippen molar-refractivity contribution < 1.29 is 18.4 Å². The van der Waals surface area contributed by atoms with Crippen molar-refractivity contribution in [3.8, 4) is 0 Å². The summed E-state index contributed by atoms with van der Waals surface area (Å²) in [6.07, 6.45) is 1.54. The van der Waals surface area contributed by atoms with Crippen LogP contribution in [0.25, 0.3) is 0 Å². The summed E-state index contributed by atoms with van der Waals surface area (Å²) >= 11 is 1.62. The topological polar surface area (TPSA) is 65.8 Å². The molecule has 0 bridgehead atoms. The van der Waals surface area contributed by atoms with Crippen LogP contribution in [-0.4, -0.2) is 28.3 Å². The van der Waals surface area contributed by atoms with Gasteiger partial charge in [0, 0.05) is 22.0 Å². The number of hydrogen-bond donors (Lipinski definition) is 1. The molecule has 0 aliphatic rings. The van der Waals surface area contributed by atoms with E-state index in [-0.39, 0.29) is 24.8 Å². The third kappa shape index (κ3) is 6.82. The Labute approximate surface area is 214 Å². The number of amides is 3. The van der Waals surface area contributed by atoms with Gasteiger partial charge in [0.25, 0.3) is 0 Å². The first kappa shape index (κ1) is 25.2. The molecule has 2 aromatic carbocycles. The van der Waals surface area contributed by atoms with Crippen LogP contribution in [0.2, 0.25) is 0 Å². The van der Waals surface area contributed by atoms with Gasteiger partial charge in [-0.1, -0.05) is 30.3 Å². The normalized spacial score (nSPS) is 10.8. The number of rotatable bonds is 9. The van der Waals surface area contributed by atoms with Crippen molar-refractivity contribution in [2.24, 2.45) is 0 Å². The van der Waals surface area contributed by atoms with E-state index in [0.29, 0.717) is 24.5 Å². The molecule has 0 spiro atoms. The summed E-state index contributed by atoms with van der Waals surface area (Å²) in [7, 11) is 0. The number of carbonyl (C=O) groups excluding carboxylic acids is 2. The lowest BCUT2D eigenvalue weighted by molar-refractivity contribution is -0.133. The zero-order valence-corrected chi connectivity index (χ0v) is 21.1. The largest absolute Gasteiger partial charge is 0.467 e. The minimum Gasteiger partial charge on any atom is -0.467 e. The Kier molecular flexibility index (Phi) is 8.17. The van der Waals surface area contributed by atoms with Crippen LogP contribution in [-0.2, 0) is 24.4 Å². The number of para-hydroxylation sites is 1. The van der Waals surface area contributed by atoms with Gasteiger partial charge in [-0.3, -0.25) is 4.79 Å². The van der Waals surface area contributed by atoms with Crippen molar-refractivity contribution in [1.29, 1.82) is 0 Å². The van der Waals surface area contributed by atoms with Crippen LogP contribution < -0.4 is 5.32 Å². The predicted molar refractivity (Wildman–Crippen MR) is 139 cm³/mol. The first-order valence-electron chi connectivity index (χ1n) is 11.6. The summed E-state index contributed by atoms with van der Waals surface area (Å²) in [6.45, 7) is 4.60. The van der Waals surface area contributed by atoms with Crippen LogP contribution in [0.3, 0.4) is 0 Å². The van der Waals surface area contributed by atoms with Crippen molar-refractivity contribution in [1.82, 2.24) is 9.80 Å². The molecular weight excluding hydrogens is 477 g/mol. The Morgan fingerprint density at radius 3 is 2.33 bits per heavy atom. The molecular formula is C28H28FN3O3S. The summed E-state index contributed by atoms with van der Waals surface area (Å²) in [6, 6.07) is 20.7. The number of nitrogens with zero attached hydrogens (tertiary/aromatic N) is 2. The maximum Gasteiger partial charge on any atom is 0.322 e. The minimum atomic E-state index is -0.400. The number of benzene rings is 2. The molecule has 2 heterocycles. The highest BCUT2D eigenvalue weighted by Gasteiger charge is 2.24. The summed E-state index contributed by atoms with van der Waals surface area (Å²) in [5, 5.41) is 2.91. The van der Waals surface area contributed by atoms with Crippen LogP contribution in [0.1, 0.15) is 26.6 Å². The second-order valence-corrected chi connectivity index (χ2v) is 9.94. The quantitative estimate of drug-likeness (QED) is 0.288. The summed E-state index contributed by atoms with van der Waals surface area (Å²) in [5.41, 5.74) is 2.40. The van der Waals surface area contributed by atoms with Gasteiger partial charge < -0.3 is 19.5 Å². The Morgan fingerprint density at radius 2 is 1.67 bits per heavy atom. The summed E-state index contributed by atoms with van der Waals surface area (Å²) in [5.74, 6) is 0.0153. The number of carbonyl (C=O) groups is 2. The molecule has 3 amide bonds. The van der Waals surface area contributed by atoms with Gasteiger partial charge in [-0.05, 0) is 67.4 Å². The molecule has 186 valence electrons. The minimum absolute atomic E-state index is 0.138. The standard InChI is InChI=1S/C28H28FN3O3S/c1-20-6-3-4-8-26(20)30-28(34)32(17-24-7-5-15-35-24)19-27(33)31(18-25-14-9-21(2)36-25)16-22-10-12-23(29)13-11-22/h3-15H,16-19H2,1-2H3,(H,30,34). The zero-order chi connectivity index (χ0) is 25.5. The van der Waals surface area contributed by atoms with Crippen LogP contribution in [0, 0.1) is 19.7 Å². The van der Waals surface area contributed by atoms with Crippen molar-refractivity contribution in [3.05, 3.63) is 112 Å². The highest BCUT2D eigenvalue weighted by Crippen LogP contribution is 2.20. The number of anilines is 1. The second kappa shape index (κ2) is 11.7. The molecule has 0 aliphatic heterocycles. The van der Waals surface area contributed by atoms with E-state index in [1.54, 1.807) is 40.5 Å². The van der Waals surface area contributed by atoms with E-state index in [9.17, 15) is 14.0 Å². The lowest BCUT2D eigenvalue weighted by Crippen LogP contribution is -2.43. The first-order valence-corrected chi connectivity index (χ1v) is 12.4. The Hall–Kier alpha value is -3.91. The zero-order valence-electron chi connectivity index (χ0n) is 20.2. The first-order chi connectivity index (χ1) is 17.4. The van der Waals surface area contributed by atoms with Crippen molar-refractivity contribution >= 4 is 29.0 Å². The number of urea groups is 1. The fourth-order valence-electron chi connectivity index (χ4n) is 3.76. The third-order valence-electron chi connectivity index (χ3n) is 5.71. The molecule has 1 N–H and O–H groups in total. The number of hydrogen-bond acceptors (Lipinski definition) is 4. The maximum absolute atomic E-state index is 13.6. The smallest absolute Gasteiger partial charge is 0.322 e. The molecule has 36 heavy (non-hydrogen) atoms. The van der Waals surface area contributed by atoms with Gasteiger partial charge in [0.2, 0.25) is 5.91 Å². The van der Waals surface area contributed by atoms with Crippen LogP contribution in [0.15, 0.2) is 83.5 Å². The van der Waals surface area contributed by atoms with Crippen molar-refractivity contribution in [2.45, 2.75) is 33.5 Å². The van der Waals surface area contributed by atoms with Gasteiger partial charge in [0.05, 0.1) is 19.4 Å². The molecule has 0 aliphatic carbocycles. The van der Waals surface area contributed by atoms with Gasteiger partial charge in [-0.25, -0.2) is 9.18 Å². The lowest BCUT2D eigenvalue weighted by Gasteiger charge is -2.27. The number of halogens is 1. The van der Waals surface area contributed by atoms with Crippen LogP contribution >= 0.6 is 11.3 Å². The molecule has 0 unspecified atom stereocenters. The predicted octanol–water partition coefficient (Wildman–Crippen LogP) is 6.36. The summed E-state index contributed by atoms with van der Waals surface area (Å²) < 4.78 is 18.9. The number of furan rings is 1. The van der Waals surface area contributed by atoms with Crippen LogP contribution in [0.5, 0.6) is 0 Å². The maximum atomic E-state index is 13.6.